The molecule has 0 aromatic heterocycles. The fourth-order valence-corrected chi connectivity index (χ4v) is 0.937. The van der Waals surface area contributed by atoms with E-state index in [9.17, 15) is 4.79 Å². The number of rotatable bonds is 6. The molecule has 0 aromatic carbocycles. The molecule has 0 spiro atoms. The molecule has 4 heteroatoms. The molecule has 0 aliphatic rings. The first-order valence-electron chi connectivity index (χ1n) is 3.89. The number of amides is 1. The minimum absolute atomic E-state index is 0.0733. The maximum atomic E-state index is 10.6. The van der Waals surface area contributed by atoms with Gasteiger partial charge in [-0.25, -0.2) is 0 Å². The largest absolute Gasteiger partial charge is 0.355 e. The second-order valence-electron chi connectivity index (χ2n) is 2.34. The van der Waals surface area contributed by atoms with Crippen LogP contribution in [-0.4, -0.2) is 24.7 Å². The van der Waals surface area contributed by atoms with Crippen LogP contribution in [0.2, 0.25) is 0 Å². The molecule has 0 fully saturated rings. The van der Waals surface area contributed by atoms with Crippen LogP contribution in [0, 0.1) is 0 Å². The fourth-order valence-electron chi connectivity index (χ4n) is 0.714. The molecular formula is C7H16N2OS. The topological polar surface area (TPSA) is 55.1 Å². The molecule has 0 aromatic rings. The number of thiol groups is 1. The standard InChI is InChI=1S/C7H16N2OS/c8-6-7(10)9-4-2-1-3-5-11/h11H,1-6,8H2,(H,9,10). The zero-order valence-electron chi connectivity index (χ0n) is 6.68. The molecule has 0 radical (unpaired) electrons. The van der Waals surface area contributed by atoms with Gasteiger partial charge < -0.3 is 11.1 Å². The molecule has 1 amide bonds. The molecule has 0 saturated heterocycles. The minimum Gasteiger partial charge on any atom is -0.355 e. The van der Waals surface area contributed by atoms with Crippen LogP contribution >= 0.6 is 12.6 Å². The van der Waals surface area contributed by atoms with Crippen molar-refractivity contribution in [2.75, 3.05) is 18.8 Å². The van der Waals surface area contributed by atoms with Crippen molar-refractivity contribution in [2.45, 2.75) is 19.3 Å². The van der Waals surface area contributed by atoms with E-state index >= 15 is 0 Å². The summed E-state index contributed by atoms with van der Waals surface area (Å²) in [5.74, 6) is 0.848. The lowest BCUT2D eigenvalue weighted by Crippen LogP contribution is -2.30. The number of carbonyl (C=O) groups is 1. The Kier molecular flexibility index (Phi) is 7.72. The summed E-state index contributed by atoms with van der Waals surface area (Å²) in [6.07, 6.45) is 3.25. The van der Waals surface area contributed by atoms with Crippen molar-refractivity contribution < 1.29 is 4.79 Å². The van der Waals surface area contributed by atoms with Crippen molar-refractivity contribution in [1.82, 2.24) is 5.32 Å². The third kappa shape index (κ3) is 7.68. The Labute approximate surface area is 73.1 Å². The predicted octanol–water partition coefficient (Wildman–Crippen LogP) is 0.161. The van der Waals surface area contributed by atoms with Gasteiger partial charge in [0.2, 0.25) is 5.91 Å². The van der Waals surface area contributed by atoms with Crippen LogP contribution in [0.3, 0.4) is 0 Å². The van der Waals surface area contributed by atoms with Gasteiger partial charge in [-0.05, 0) is 18.6 Å². The normalized spacial score (nSPS) is 9.64. The van der Waals surface area contributed by atoms with Crippen molar-refractivity contribution in [3.05, 3.63) is 0 Å². The Balaban J connectivity index is 2.95. The van der Waals surface area contributed by atoms with Gasteiger partial charge in [0, 0.05) is 6.54 Å². The number of nitrogens with two attached hydrogens (primary N) is 1. The van der Waals surface area contributed by atoms with E-state index in [1.807, 2.05) is 0 Å². The molecule has 0 unspecified atom stereocenters. The van der Waals surface area contributed by atoms with Crippen LogP contribution in [0.25, 0.3) is 0 Å². The Hall–Kier alpha value is -0.220. The molecule has 0 rings (SSSR count). The SMILES string of the molecule is NCC(=O)NCCCCCS. The van der Waals surface area contributed by atoms with Gasteiger partial charge in [0.25, 0.3) is 0 Å². The molecule has 0 heterocycles. The van der Waals surface area contributed by atoms with Crippen LogP contribution in [-0.2, 0) is 4.79 Å². The summed E-state index contributed by atoms with van der Waals surface area (Å²) in [5, 5.41) is 2.70. The van der Waals surface area contributed by atoms with Crippen LogP contribution in [0.4, 0.5) is 0 Å². The van der Waals surface area contributed by atoms with Gasteiger partial charge in [-0.2, -0.15) is 12.6 Å². The first-order valence-corrected chi connectivity index (χ1v) is 4.52. The quantitative estimate of drug-likeness (QED) is 0.399. The molecule has 3 nitrogen and oxygen atoms in total. The summed E-state index contributed by atoms with van der Waals surface area (Å²) in [5.41, 5.74) is 5.09. The zero-order chi connectivity index (χ0) is 8.53. The first kappa shape index (κ1) is 10.8. The van der Waals surface area contributed by atoms with E-state index < -0.39 is 0 Å². The highest BCUT2D eigenvalue weighted by molar-refractivity contribution is 7.80. The van der Waals surface area contributed by atoms with Crippen LogP contribution in [0.5, 0.6) is 0 Å². The number of hydrogen-bond acceptors (Lipinski definition) is 3. The van der Waals surface area contributed by atoms with Crippen molar-refractivity contribution in [2.24, 2.45) is 5.73 Å². The van der Waals surface area contributed by atoms with Crippen molar-refractivity contribution >= 4 is 18.5 Å². The number of nitrogens with one attached hydrogen (secondary N) is 1. The first-order chi connectivity index (χ1) is 5.31. The summed E-state index contributed by atoms with van der Waals surface area (Å²) in [4.78, 5) is 10.6. The van der Waals surface area contributed by atoms with Gasteiger partial charge >= 0.3 is 0 Å². The lowest BCUT2D eigenvalue weighted by molar-refractivity contribution is -0.119. The van der Waals surface area contributed by atoms with E-state index in [0.717, 1.165) is 31.6 Å². The number of unbranched alkanes of at least 4 members (excludes halogenated alkanes) is 2. The smallest absolute Gasteiger partial charge is 0.233 e. The van der Waals surface area contributed by atoms with Gasteiger partial charge in [-0.15, -0.1) is 0 Å². The van der Waals surface area contributed by atoms with E-state index in [2.05, 4.69) is 17.9 Å². The van der Waals surface area contributed by atoms with E-state index in [0.29, 0.717) is 0 Å². The maximum Gasteiger partial charge on any atom is 0.233 e. The maximum absolute atomic E-state index is 10.6. The average molecular weight is 176 g/mol. The average Bonchev–Trinajstić information content (AvgIpc) is 2.04. The van der Waals surface area contributed by atoms with Crippen molar-refractivity contribution in [1.29, 1.82) is 0 Å². The van der Waals surface area contributed by atoms with Gasteiger partial charge in [0.05, 0.1) is 6.54 Å². The highest BCUT2D eigenvalue weighted by Gasteiger charge is 1.94. The molecule has 0 saturated carbocycles. The molecule has 0 bridgehead atoms. The Morgan fingerprint density at radius 3 is 2.64 bits per heavy atom. The highest BCUT2D eigenvalue weighted by atomic mass is 32.1. The molecule has 66 valence electrons. The van der Waals surface area contributed by atoms with E-state index in [-0.39, 0.29) is 12.5 Å². The molecular weight excluding hydrogens is 160 g/mol. The highest BCUT2D eigenvalue weighted by Crippen LogP contribution is 1.94. The summed E-state index contributed by atoms with van der Waals surface area (Å²) < 4.78 is 0. The van der Waals surface area contributed by atoms with Gasteiger partial charge in [-0.3, -0.25) is 4.79 Å². The fraction of sp³-hybridized carbons (Fsp3) is 0.857. The monoisotopic (exact) mass is 176 g/mol. The van der Waals surface area contributed by atoms with E-state index in [1.165, 1.54) is 0 Å². The summed E-state index contributed by atoms with van der Waals surface area (Å²) in [7, 11) is 0. The van der Waals surface area contributed by atoms with Crippen LogP contribution in [0.15, 0.2) is 0 Å². The van der Waals surface area contributed by atoms with Gasteiger partial charge in [0.1, 0.15) is 0 Å². The Morgan fingerprint density at radius 1 is 1.36 bits per heavy atom. The third-order valence-corrected chi connectivity index (χ3v) is 1.66. The minimum atomic E-state index is -0.0733. The second-order valence-corrected chi connectivity index (χ2v) is 2.79. The molecule has 0 atom stereocenters. The number of carbonyl (C=O) groups excluding carboxylic acids is 1. The Bertz CT molecular complexity index is 109. The summed E-state index contributed by atoms with van der Waals surface area (Å²) >= 11 is 4.07. The third-order valence-electron chi connectivity index (χ3n) is 1.34. The zero-order valence-corrected chi connectivity index (χ0v) is 7.57. The van der Waals surface area contributed by atoms with E-state index in [4.69, 9.17) is 5.73 Å². The summed E-state index contributed by atoms with van der Waals surface area (Å²) in [6.45, 7) is 0.830. The summed E-state index contributed by atoms with van der Waals surface area (Å²) in [6, 6.07) is 0. The van der Waals surface area contributed by atoms with Crippen LogP contribution in [0.1, 0.15) is 19.3 Å². The lowest BCUT2D eigenvalue weighted by Gasteiger charge is -2.01. The van der Waals surface area contributed by atoms with Gasteiger partial charge in [0.15, 0.2) is 0 Å². The second kappa shape index (κ2) is 7.88. The van der Waals surface area contributed by atoms with Gasteiger partial charge in [-0.1, -0.05) is 6.42 Å². The molecule has 0 aliphatic heterocycles. The molecule has 11 heavy (non-hydrogen) atoms. The Morgan fingerprint density at radius 2 is 2.09 bits per heavy atom. The molecule has 3 N–H and O–H groups in total. The van der Waals surface area contributed by atoms with Crippen molar-refractivity contribution in [3.8, 4) is 0 Å². The van der Waals surface area contributed by atoms with Crippen molar-refractivity contribution in [3.63, 3.8) is 0 Å². The molecule has 0 aliphatic carbocycles. The lowest BCUT2D eigenvalue weighted by atomic mass is 10.2. The van der Waals surface area contributed by atoms with Crippen LogP contribution < -0.4 is 11.1 Å². The van der Waals surface area contributed by atoms with E-state index in [1.54, 1.807) is 0 Å². The predicted molar refractivity (Wildman–Crippen MR) is 49.8 cm³/mol. The number of hydrogen-bond donors (Lipinski definition) is 3.